The summed E-state index contributed by atoms with van der Waals surface area (Å²) in [4.78, 5) is 0. The van der Waals surface area contributed by atoms with Gasteiger partial charge in [-0.2, -0.15) is 13.2 Å². The maximum atomic E-state index is 13.0. The minimum absolute atomic E-state index is 0.0916. The van der Waals surface area contributed by atoms with Crippen LogP contribution in [0.5, 0.6) is 5.75 Å². The fourth-order valence-electron chi connectivity index (χ4n) is 2.99. The molecule has 1 aromatic carbocycles. The van der Waals surface area contributed by atoms with Crippen molar-refractivity contribution in [3.05, 3.63) is 29.3 Å². The van der Waals surface area contributed by atoms with Crippen molar-refractivity contribution in [2.24, 2.45) is 11.1 Å². The average Bonchev–Trinajstić information content (AvgIpc) is 2.90. The van der Waals surface area contributed by atoms with Gasteiger partial charge in [0.05, 0.1) is 12.7 Å². The fraction of sp³-hybridized carbons (Fsp3) is 0.571. The zero-order valence-corrected chi connectivity index (χ0v) is 11.3. The van der Waals surface area contributed by atoms with Gasteiger partial charge >= 0.3 is 6.18 Å². The molecule has 0 radical (unpaired) electrons. The molecule has 1 fully saturated rings. The number of para-hydroxylation sites is 1. The quantitative estimate of drug-likeness (QED) is 0.916. The molecular formula is C14H18F3NO. The second-order valence-corrected chi connectivity index (χ2v) is 5.73. The third-order valence-corrected chi connectivity index (χ3v) is 4.30. The number of hydrogen-bond donors (Lipinski definition) is 1. The molecular weight excluding hydrogens is 255 g/mol. The lowest BCUT2D eigenvalue weighted by Crippen LogP contribution is -2.26. The standard InChI is InChI=1S/C14H18F3NO/c1-12(2)7-13(12,8-18)9-5-4-6-10(11(9)19-3)14(15,16)17/h4-6H,7-8,18H2,1-3H3. The van der Waals surface area contributed by atoms with E-state index in [1.165, 1.54) is 13.2 Å². The highest BCUT2D eigenvalue weighted by Crippen LogP contribution is 2.65. The van der Waals surface area contributed by atoms with Crippen LogP contribution in [-0.4, -0.2) is 13.7 Å². The van der Waals surface area contributed by atoms with Crippen LogP contribution in [0, 0.1) is 5.41 Å². The van der Waals surface area contributed by atoms with Crippen LogP contribution in [-0.2, 0) is 11.6 Å². The van der Waals surface area contributed by atoms with Crippen molar-refractivity contribution in [3.8, 4) is 5.75 Å². The van der Waals surface area contributed by atoms with E-state index in [1.54, 1.807) is 6.07 Å². The van der Waals surface area contributed by atoms with Gasteiger partial charge in [-0.25, -0.2) is 0 Å². The molecule has 1 aromatic rings. The summed E-state index contributed by atoms with van der Waals surface area (Å²) in [5.41, 5.74) is 5.14. The van der Waals surface area contributed by atoms with Crippen molar-refractivity contribution in [1.29, 1.82) is 0 Å². The van der Waals surface area contributed by atoms with Crippen LogP contribution in [0.4, 0.5) is 13.2 Å². The number of rotatable bonds is 3. The number of methoxy groups -OCH3 is 1. The second kappa shape index (κ2) is 4.13. The van der Waals surface area contributed by atoms with Gasteiger partial charge in [-0.3, -0.25) is 0 Å². The summed E-state index contributed by atoms with van der Waals surface area (Å²) in [5.74, 6) is -0.0916. The van der Waals surface area contributed by atoms with Crippen LogP contribution in [0.15, 0.2) is 18.2 Å². The van der Waals surface area contributed by atoms with Crippen molar-refractivity contribution in [3.63, 3.8) is 0 Å². The number of benzene rings is 1. The van der Waals surface area contributed by atoms with Gasteiger partial charge in [-0.1, -0.05) is 26.0 Å². The number of ether oxygens (including phenoxy) is 1. The van der Waals surface area contributed by atoms with Crippen LogP contribution in [0.3, 0.4) is 0 Å². The molecule has 2 nitrogen and oxygen atoms in total. The Balaban J connectivity index is 2.60. The van der Waals surface area contributed by atoms with Gasteiger partial charge in [-0.05, 0) is 17.9 Å². The van der Waals surface area contributed by atoms with Crippen molar-refractivity contribution in [2.45, 2.75) is 31.9 Å². The fourth-order valence-corrected chi connectivity index (χ4v) is 2.99. The van der Waals surface area contributed by atoms with E-state index in [0.717, 1.165) is 12.5 Å². The zero-order valence-electron chi connectivity index (χ0n) is 11.3. The molecule has 1 atom stereocenters. The Hall–Kier alpha value is -1.23. The van der Waals surface area contributed by atoms with Gasteiger partial charge in [-0.15, -0.1) is 0 Å². The molecule has 0 aromatic heterocycles. The number of nitrogens with two attached hydrogens (primary N) is 1. The van der Waals surface area contributed by atoms with Crippen LogP contribution in [0.1, 0.15) is 31.4 Å². The van der Waals surface area contributed by atoms with E-state index < -0.39 is 17.2 Å². The topological polar surface area (TPSA) is 35.2 Å². The lowest BCUT2D eigenvalue weighted by atomic mass is 9.86. The smallest absolute Gasteiger partial charge is 0.419 e. The first kappa shape index (κ1) is 14.2. The zero-order chi connectivity index (χ0) is 14.5. The lowest BCUT2D eigenvalue weighted by molar-refractivity contribution is -0.138. The first-order valence-electron chi connectivity index (χ1n) is 6.14. The van der Waals surface area contributed by atoms with Crippen LogP contribution >= 0.6 is 0 Å². The van der Waals surface area contributed by atoms with Gasteiger partial charge in [0.15, 0.2) is 0 Å². The van der Waals surface area contributed by atoms with Crippen LogP contribution < -0.4 is 10.5 Å². The first-order valence-corrected chi connectivity index (χ1v) is 6.14. The van der Waals surface area contributed by atoms with Gasteiger partial charge in [0.25, 0.3) is 0 Å². The van der Waals surface area contributed by atoms with Crippen molar-refractivity contribution in [1.82, 2.24) is 0 Å². The molecule has 0 bridgehead atoms. The summed E-state index contributed by atoms with van der Waals surface area (Å²) < 4.78 is 44.1. The Labute approximate surface area is 110 Å². The Bertz CT molecular complexity index is 496. The number of halogens is 3. The van der Waals surface area contributed by atoms with Crippen molar-refractivity contribution >= 4 is 0 Å². The molecule has 0 spiro atoms. The molecule has 0 heterocycles. The Kier molecular flexibility index (Phi) is 3.08. The summed E-state index contributed by atoms with van der Waals surface area (Å²) in [6, 6.07) is 4.16. The number of alkyl halides is 3. The average molecular weight is 273 g/mol. The molecule has 0 aliphatic heterocycles. The van der Waals surface area contributed by atoms with Gasteiger partial charge in [0.2, 0.25) is 0 Å². The lowest BCUT2D eigenvalue weighted by Gasteiger charge is -2.24. The van der Waals surface area contributed by atoms with Crippen molar-refractivity contribution in [2.75, 3.05) is 13.7 Å². The van der Waals surface area contributed by atoms with Crippen molar-refractivity contribution < 1.29 is 17.9 Å². The predicted molar refractivity (Wildman–Crippen MR) is 67.1 cm³/mol. The second-order valence-electron chi connectivity index (χ2n) is 5.73. The Morgan fingerprint density at radius 2 is 1.89 bits per heavy atom. The van der Waals surface area contributed by atoms with E-state index in [2.05, 4.69) is 0 Å². The summed E-state index contributed by atoms with van der Waals surface area (Å²) in [5, 5.41) is 0. The monoisotopic (exact) mass is 273 g/mol. The molecule has 2 rings (SSSR count). The van der Waals surface area contributed by atoms with E-state index in [0.29, 0.717) is 12.1 Å². The molecule has 106 valence electrons. The molecule has 1 unspecified atom stereocenters. The normalized spacial score (nSPS) is 25.2. The summed E-state index contributed by atoms with van der Waals surface area (Å²) >= 11 is 0. The molecule has 19 heavy (non-hydrogen) atoms. The minimum atomic E-state index is -4.42. The molecule has 0 amide bonds. The third-order valence-electron chi connectivity index (χ3n) is 4.30. The molecule has 0 saturated heterocycles. The SMILES string of the molecule is COc1c(C(F)(F)F)cccc1C1(CN)CC1(C)C. The van der Waals surface area contributed by atoms with Gasteiger partial charge in [0, 0.05) is 17.5 Å². The molecule has 5 heteroatoms. The summed E-state index contributed by atoms with van der Waals surface area (Å²) in [7, 11) is 1.27. The highest BCUT2D eigenvalue weighted by Gasteiger charge is 2.62. The van der Waals surface area contributed by atoms with E-state index in [1.807, 2.05) is 13.8 Å². The minimum Gasteiger partial charge on any atom is -0.496 e. The Morgan fingerprint density at radius 3 is 2.26 bits per heavy atom. The highest BCUT2D eigenvalue weighted by atomic mass is 19.4. The van der Waals surface area contributed by atoms with Gasteiger partial charge in [0.1, 0.15) is 5.75 Å². The third kappa shape index (κ3) is 2.00. The molecule has 1 saturated carbocycles. The summed E-state index contributed by atoms with van der Waals surface area (Å²) in [6.07, 6.45) is -3.65. The van der Waals surface area contributed by atoms with E-state index in [-0.39, 0.29) is 11.2 Å². The van der Waals surface area contributed by atoms with E-state index >= 15 is 0 Å². The maximum Gasteiger partial charge on any atom is 0.419 e. The number of hydrogen-bond acceptors (Lipinski definition) is 2. The largest absolute Gasteiger partial charge is 0.496 e. The molecule has 1 aliphatic rings. The molecule has 2 N–H and O–H groups in total. The van der Waals surface area contributed by atoms with E-state index in [4.69, 9.17) is 10.5 Å². The Morgan fingerprint density at radius 1 is 1.32 bits per heavy atom. The highest BCUT2D eigenvalue weighted by molar-refractivity contribution is 5.52. The maximum absolute atomic E-state index is 13.0. The van der Waals surface area contributed by atoms with Crippen LogP contribution in [0.2, 0.25) is 0 Å². The van der Waals surface area contributed by atoms with Crippen LogP contribution in [0.25, 0.3) is 0 Å². The first-order chi connectivity index (χ1) is 8.69. The molecule has 1 aliphatic carbocycles. The predicted octanol–water partition coefficient (Wildman–Crippen LogP) is 3.34. The van der Waals surface area contributed by atoms with E-state index in [9.17, 15) is 13.2 Å². The summed E-state index contributed by atoms with van der Waals surface area (Å²) in [6.45, 7) is 4.34. The van der Waals surface area contributed by atoms with Gasteiger partial charge < -0.3 is 10.5 Å².